The average molecular weight is 1790 g/mol. The van der Waals surface area contributed by atoms with E-state index in [1.165, 1.54) is 37.2 Å². The minimum atomic E-state index is -0.785. The van der Waals surface area contributed by atoms with Crippen LogP contribution in [0.25, 0.3) is 33.1 Å². The lowest BCUT2D eigenvalue weighted by molar-refractivity contribution is -0.130. The number of aryl methyl sites for hydroxylation is 3. The van der Waals surface area contributed by atoms with Gasteiger partial charge in [0.1, 0.15) is 16.6 Å². The number of imidazole rings is 3. The predicted molar refractivity (Wildman–Crippen MR) is 425 cm³/mol. The zero-order chi connectivity index (χ0) is 79.4. The number of hydroxylamine groups is 3. The molecule has 10 N–H and O–H groups in total. The van der Waals surface area contributed by atoms with Gasteiger partial charge in [0.2, 0.25) is 17.7 Å². The van der Waals surface area contributed by atoms with E-state index in [-0.39, 0.29) is 133 Å². The lowest BCUT2D eigenvalue weighted by Gasteiger charge is -2.16. The number of likely N-dealkylation sites (tertiary alicyclic amines) is 1. The van der Waals surface area contributed by atoms with Gasteiger partial charge < -0.3 is 55.4 Å². The Morgan fingerprint density at radius 2 is 0.848 bits per heavy atom. The highest BCUT2D eigenvalue weighted by molar-refractivity contribution is 9.11. The van der Waals surface area contributed by atoms with Crippen LogP contribution in [-0.2, 0) is 61.6 Å². The van der Waals surface area contributed by atoms with Crippen molar-refractivity contribution in [2.24, 2.45) is 5.92 Å². The Labute approximate surface area is 678 Å². The fourth-order valence-electron chi connectivity index (χ4n) is 11.4. The van der Waals surface area contributed by atoms with Crippen LogP contribution in [0, 0.1) is 23.4 Å². The number of benzene rings is 6. The zero-order valence-corrected chi connectivity index (χ0v) is 66.3. The van der Waals surface area contributed by atoms with Crippen molar-refractivity contribution in [3.63, 3.8) is 0 Å². The van der Waals surface area contributed by atoms with Gasteiger partial charge in [0.15, 0.2) is 17.5 Å². The SMILES string of the molecule is O=C(CCn1cnc2c(F)c(Nc3ccc(Br)cc3Cl)c(C(=O)NOCC3CC3)cc21)NCc1ccccn1.O=C(CCn1cnc2c(F)c(Nc3ccc(Br)cc3Cl)c(C(=O)NOCCO)cc21)NCc1ccccn1.O=C(NOCCO)c1cc2c(ncn2CCC(=O)N2CCCC2)c(F)c1Nc1ccc(Br)cc1Cl. The van der Waals surface area contributed by atoms with Gasteiger partial charge in [-0.25, -0.2) is 44.6 Å². The number of halogens is 9. The van der Waals surface area contributed by atoms with E-state index in [0.29, 0.717) is 74.3 Å². The summed E-state index contributed by atoms with van der Waals surface area (Å²) in [7, 11) is 0. The number of amides is 6. The van der Waals surface area contributed by atoms with Gasteiger partial charge in [-0.3, -0.25) is 53.2 Å². The molecular weight excluding hydrogens is 1720 g/mol. The summed E-state index contributed by atoms with van der Waals surface area (Å²) in [4.78, 5) is 114. The first kappa shape index (κ1) is 83.1. The highest BCUT2D eigenvalue weighted by Gasteiger charge is 2.29. The fraction of sp³-hybridized carbons (Fsp3) is 0.267. The molecule has 28 nitrogen and oxygen atoms in total. The Balaban J connectivity index is 0.000000166. The van der Waals surface area contributed by atoms with E-state index in [4.69, 9.17) is 59.5 Å². The third-order valence-electron chi connectivity index (χ3n) is 17.3. The number of hydrogen-bond acceptors (Lipinski definition) is 19. The maximum absolute atomic E-state index is 15.9. The molecule has 5 aromatic heterocycles. The summed E-state index contributed by atoms with van der Waals surface area (Å²) in [6.07, 6.45) is 12.2. The molecule has 1 aliphatic carbocycles. The number of carbonyl (C=O) groups excluding carboxylic acids is 6. The minimum absolute atomic E-state index is 0.00227. The highest BCUT2D eigenvalue weighted by atomic mass is 79.9. The normalized spacial score (nSPS) is 12.4. The minimum Gasteiger partial charge on any atom is -0.394 e. The molecule has 1 saturated carbocycles. The third-order valence-corrected chi connectivity index (χ3v) is 19.8. The molecule has 2 fully saturated rings. The number of nitrogens with one attached hydrogen (secondary N) is 8. The van der Waals surface area contributed by atoms with E-state index in [2.05, 4.69) is 116 Å². The van der Waals surface area contributed by atoms with Crippen LogP contribution in [0.2, 0.25) is 15.1 Å². The monoisotopic (exact) mass is 1790 g/mol. The molecule has 37 heteroatoms. The fourth-order valence-corrected chi connectivity index (χ4v) is 13.6. The summed E-state index contributed by atoms with van der Waals surface area (Å²) >= 11 is 28.9. The number of anilines is 6. The smallest absolute Gasteiger partial charge is 0.277 e. The number of rotatable bonds is 31. The van der Waals surface area contributed by atoms with Crippen molar-refractivity contribution >= 4 is 185 Å². The molecule has 0 unspecified atom stereocenters. The van der Waals surface area contributed by atoms with Gasteiger partial charge in [-0.1, -0.05) is 94.7 Å². The van der Waals surface area contributed by atoms with E-state index in [1.807, 2.05) is 23.1 Å². The van der Waals surface area contributed by atoms with Crippen LogP contribution in [0.15, 0.2) is 154 Å². The Morgan fingerprint density at radius 3 is 1.19 bits per heavy atom. The number of aromatic nitrogens is 8. The second kappa shape index (κ2) is 40.1. The van der Waals surface area contributed by atoms with E-state index in [9.17, 15) is 28.8 Å². The van der Waals surface area contributed by atoms with Crippen molar-refractivity contribution in [1.29, 1.82) is 0 Å². The Bertz CT molecular complexity index is 5220. The van der Waals surface area contributed by atoms with Crippen molar-refractivity contribution in [1.82, 2.24) is 70.6 Å². The van der Waals surface area contributed by atoms with E-state index < -0.39 is 35.2 Å². The van der Waals surface area contributed by atoms with Crippen molar-refractivity contribution in [3.05, 3.63) is 215 Å². The topological polar surface area (TPSA) is 349 Å². The van der Waals surface area contributed by atoms with Gasteiger partial charge >= 0.3 is 0 Å². The molecule has 6 heterocycles. The quantitative estimate of drug-likeness (QED) is 0.0142. The van der Waals surface area contributed by atoms with Crippen LogP contribution < -0.4 is 43.0 Å². The number of nitrogens with zero attached hydrogens (tertiary/aromatic N) is 9. The van der Waals surface area contributed by atoms with Crippen molar-refractivity contribution in [2.45, 2.75) is 77.7 Å². The molecule has 0 atom stereocenters. The van der Waals surface area contributed by atoms with Crippen LogP contribution >= 0.6 is 82.6 Å². The van der Waals surface area contributed by atoms with Crippen LogP contribution in [0.1, 0.15) is 87.4 Å². The first-order valence-corrected chi connectivity index (χ1v) is 38.4. The Morgan fingerprint density at radius 1 is 0.482 bits per heavy atom. The van der Waals surface area contributed by atoms with Gasteiger partial charge in [0.25, 0.3) is 17.7 Å². The third kappa shape index (κ3) is 22.1. The van der Waals surface area contributed by atoms with Gasteiger partial charge in [0.05, 0.1) is 159 Å². The molecule has 586 valence electrons. The van der Waals surface area contributed by atoms with Crippen LogP contribution in [0.3, 0.4) is 0 Å². The molecular formula is C75H72Br3Cl3F3N17O11. The summed E-state index contributed by atoms with van der Waals surface area (Å²) in [5, 5.41) is 33.1. The van der Waals surface area contributed by atoms with Crippen molar-refractivity contribution < 1.29 is 66.7 Å². The molecule has 1 aliphatic heterocycles. The summed E-state index contributed by atoms with van der Waals surface area (Å²) in [6.45, 7) is 2.30. The Kier molecular flexibility index (Phi) is 29.7. The van der Waals surface area contributed by atoms with Gasteiger partial charge in [-0.2, -0.15) is 0 Å². The predicted octanol–water partition coefficient (Wildman–Crippen LogP) is 13.6. The second-order valence-electron chi connectivity index (χ2n) is 25.2. The van der Waals surface area contributed by atoms with Gasteiger partial charge in [-0.15, -0.1) is 0 Å². The molecule has 1 saturated heterocycles. The number of fused-ring (bicyclic) bond motifs is 3. The summed E-state index contributed by atoms with van der Waals surface area (Å²) in [6, 6.07) is 30.4. The second-order valence-corrected chi connectivity index (χ2v) is 29.2. The van der Waals surface area contributed by atoms with Crippen LogP contribution in [0.5, 0.6) is 0 Å². The van der Waals surface area contributed by atoms with Crippen LogP contribution in [-0.4, -0.2) is 135 Å². The maximum Gasteiger partial charge on any atom is 0.277 e. The summed E-state index contributed by atoms with van der Waals surface area (Å²) < 4.78 is 54.4. The number of pyridine rings is 2. The number of carbonyl (C=O) groups is 6. The maximum atomic E-state index is 15.9. The summed E-state index contributed by atoms with van der Waals surface area (Å²) in [5.74, 6) is -4.33. The van der Waals surface area contributed by atoms with Gasteiger partial charge in [0, 0.05) is 77.8 Å². The molecule has 6 amide bonds. The van der Waals surface area contributed by atoms with E-state index in [1.54, 1.807) is 98.9 Å². The molecule has 13 rings (SSSR count). The Hall–Kier alpha value is -9.85. The highest BCUT2D eigenvalue weighted by Crippen LogP contribution is 2.39. The number of aliphatic hydroxyl groups excluding tert-OH is 2. The molecule has 0 bridgehead atoms. The molecule has 2 aliphatic rings. The first-order chi connectivity index (χ1) is 54.1. The van der Waals surface area contributed by atoms with Gasteiger partial charge in [-0.05, 0) is 129 Å². The van der Waals surface area contributed by atoms with E-state index >= 15 is 13.2 Å². The summed E-state index contributed by atoms with van der Waals surface area (Å²) in [5.41, 5.74) is 10.0. The van der Waals surface area contributed by atoms with Crippen molar-refractivity contribution in [3.8, 4) is 0 Å². The van der Waals surface area contributed by atoms with Crippen LogP contribution in [0.4, 0.5) is 47.3 Å². The number of hydrogen-bond donors (Lipinski definition) is 10. The number of aliphatic hydroxyl groups is 2. The molecule has 112 heavy (non-hydrogen) atoms. The van der Waals surface area contributed by atoms with Crippen molar-refractivity contribution in [2.75, 3.05) is 62.1 Å². The standard InChI is InChI=1S/C27H25BrClFN6O3.C25H23BrClFN6O4.C23H24BrClFN5O4/c28-17-6-7-21(20(29)11-17)34-25-19(27(38)35-39-14-16-4-5-16)12-22-26(24(25)30)33-15-36(22)10-8-23(37)32-13-18-3-1-2-9-31-18;26-15-4-5-19(18(27)11-15)32-23-17(25(37)33-38-10-9-35)12-20-24(22(23)28)31-14-34(20)8-6-21(36)30-13-16-3-1-2-7-29-16;24-14-3-4-17(16(25)11-14)28-21-15(23(34)29-35-10-9-32)12-18-22(20(21)26)27-13-31(18)8-5-19(33)30-6-1-2-7-30/h1-3,6-7,9,11-12,15-16,34H,4-5,8,10,13-14H2,(H,32,37)(H,35,38);1-5,7,11-12,14,32,35H,6,8-10,13H2,(H,30,36)(H,33,37);3-4,11-13,28,32H,1-2,5-10H2,(H,29,34). The molecule has 6 aromatic carbocycles. The lowest BCUT2D eigenvalue weighted by atomic mass is 10.1. The molecule has 11 aromatic rings. The first-order valence-electron chi connectivity index (χ1n) is 34.9. The average Bonchev–Trinajstić information content (AvgIpc) is 1.58. The zero-order valence-electron chi connectivity index (χ0n) is 59.3. The lowest BCUT2D eigenvalue weighted by Crippen LogP contribution is -2.28. The largest absolute Gasteiger partial charge is 0.394 e. The molecule has 0 radical (unpaired) electrons. The molecule has 0 spiro atoms. The van der Waals surface area contributed by atoms with E-state index in [0.717, 1.165) is 63.6 Å².